The van der Waals surface area contributed by atoms with Gasteiger partial charge in [-0.05, 0) is 55.0 Å². The molecule has 11 heteroatoms. The lowest BCUT2D eigenvalue weighted by Gasteiger charge is -2.18. The molecule has 0 aliphatic heterocycles. The molecule has 1 aliphatic carbocycles. The molecule has 8 nitrogen and oxygen atoms in total. The number of benzene rings is 2. The van der Waals surface area contributed by atoms with Crippen LogP contribution in [0.2, 0.25) is 0 Å². The molecule has 1 unspecified atom stereocenters. The Hall–Kier alpha value is -4.41. The number of ether oxygens (including phenoxy) is 1. The van der Waals surface area contributed by atoms with E-state index in [9.17, 15) is 18.0 Å². The number of aromatic amines is 1. The Kier molecular flexibility index (Phi) is 5.59. The van der Waals surface area contributed by atoms with E-state index in [1.54, 1.807) is 24.4 Å². The minimum Gasteiger partial charge on any atom is -0.484 e. The molecule has 35 heavy (non-hydrogen) atoms. The van der Waals surface area contributed by atoms with Crippen LogP contribution in [0.1, 0.15) is 23.7 Å². The van der Waals surface area contributed by atoms with Gasteiger partial charge in [0.05, 0.1) is 22.8 Å². The highest BCUT2D eigenvalue weighted by Crippen LogP contribution is 2.35. The normalized spacial score (nSPS) is 15.9. The second-order valence-electron chi connectivity index (χ2n) is 8.03. The van der Waals surface area contributed by atoms with Crippen molar-refractivity contribution in [3.63, 3.8) is 0 Å². The molecule has 178 valence electrons. The van der Waals surface area contributed by atoms with Crippen molar-refractivity contribution < 1.29 is 22.7 Å². The van der Waals surface area contributed by atoms with E-state index in [2.05, 4.69) is 25.5 Å². The number of hydrogen-bond donors (Lipinski definition) is 3. The molecule has 5 rings (SSSR count). The lowest BCUT2D eigenvalue weighted by molar-refractivity contribution is -0.137. The fourth-order valence-corrected chi connectivity index (χ4v) is 3.82. The molecule has 2 heterocycles. The Labute approximate surface area is 196 Å². The zero-order valence-electron chi connectivity index (χ0n) is 18.1. The topological polar surface area (TPSA) is 119 Å². The van der Waals surface area contributed by atoms with E-state index in [0.717, 1.165) is 23.0 Å². The number of H-pyrrole nitrogens is 1. The number of nitrogens with two attached hydrogens (primary N) is 1. The van der Waals surface area contributed by atoms with Gasteiger partial charge in [-0.3, -0.25) is 9.89 Å². The number of nitrogens with one attached hydrogen (secondary N) is 2. The molecule has 0 spiro atoms. The molecule has 0 fully saturated rings. The Bertz CT molecular complexity index is 1490. The quantitative estimate of drug-likeness (QED) is 0.368. The third-order valence-corrected chi connectivity index (χ3v) is 5.49. The van der Waals surface area contributed by atoms with Gasteiger partial charge in [-0.2, -0.15) is 18.3 Å². The van der Waals surface area contributed by atoms with Crippen LogP contribution in [-0.2, 0) is 15.7 Å². The first kappa shape index (κ1) is 22.4. The van der Waals surface area contributed by atoms with Crippen molar-refractivity contribution in [3.05, 3.63) is 78.0 Å². The highest BCUT2D eigenvalue weighted by atomic mass is 19.4. The number of alkyl halides is 3. The van der Waals surface area contributed by atoms with Crippen molar-refractivity contribution in [3.8, 4) is 0 Å². The number of amides is 1. The van der Waals surface area contributed by atoms with Crippen molar-refractivity contribution in [1.82, 2.24) is 20.2 Å². The van der Waals surface area contributed by atoms with Crippen LogP contribution in [0.15, 0.2) is 66.6 Å². The summed E-state index contributed by atoms with van der Waals surface area (Å²) in [5, 5.41) is 11.1. The lowest BCUT2D eigenvalue weighted by Crippen LogP contribution is -2.18. The number of allylic oxidation sites excluding steroid dienone is 3. The number of halogens is 3. The van der Waals surface area contributed by atoms with E-state index in [1.807, 2.05) is 18.2 Å². The van der Waals surface area contributed by atoms with Crippen molar-refractivity contribution in [2.24, 2.45) is 5.73 Å². The number of nitrogens with zero attached hydrogens (tertiary/aromatic N) is 3. The average molecular weight is 480 g/mol. The smallest absolute Gasteiger partial charge is 0.416 e. The second kappa shape index (κ2) is 8.75. The van der Waals surface area contributed by atoms with Crippen LogP contribution < -0.4 is 11.1 Å². The first-order chi connectivity index (χ1) is 16.8. The highest BCUT2D eigenvalue weighted by molar-refractivity contribution is 5.92. The van der Waals surface area contributed by atoms with Gasteiger partial charge in [0, 0.05) is 22.4 Å². The van der Waals surface area contributed by atoms with Crippen LogP contribution in [-0.4, -0.2) is 32.7 Å². The summed E-state index contributed by atoms with van der Waals surface area (Å²) < 4.78 is 45.7. The SMILES string of the molecule is NC(=O)COC1=CC(c2nc(Nc3ccc4[nH]ncc4c3)c3cc(C(F)(F)F)ccc3n2)CC=C1. The van der Waals surface area contributed by atoms with Crippen LogP contribution in [0.3, 0.4) is 0 Å². The number of hydrogen-bond acceptors (Lipinski definition) is 6. The predicted molar refractivity (Wildman–Crippen MR) is 124 cm³/mol. The molecular weight excluding hydrogens is 461 g/mol. The van der Waals surface area contributed by atoms with Crippen molar-refractivity contribution >= 4 is 39.2 Å². The summed E-state index contributed by atoms with van der Waals surface area (Å²) in [5.41, 5.74) is 6.17. The fourth-order valence-electron chi connectivity index (χ4n) is 3.82. The lowest BCUT2D eigenvalue weighted by atomic mass is 9.98. The molecular formula is C24H19F3N6O2. The summed E-state index contributed by atoms with van der Waals surface area (Å²) in [4.78, 5) is 20.2. The minimum atomic E-state index is -4.51. The van der Waals surface area contributed by atoms with Gasteiger partial charge in [-0.25, -0.2) is 9.97 Å². The van der Waals surface area contributed by atoms with Crippen molar-refractivity contribution in [1.29, 1.82) is 0 Å². The van der Waals surface area contributed by atoms with Crippen LogP contribution >= 0.6 is 0 Å². The monoisotopic (exact) mass is 480 g/mol. The van der Waals surface area contributed by atoms with Crippen LogP contribution in [0.5, 0.6) is 0 Å². The number of carbonyl (C=O) groups excluding carboxylic acids is 1. The van der Waals surface area contributed by atoms with E-state index in [0.29, 0.717) is 29.2 Å². The number of aromatic nitrogens is 4. The third-order valence-electron chi connectivity index (χ3n) is 5.49. The van der Waals surface area contributed by atoms with Crippen LogP contribution in [0.25, 0.3) is 21.8 Å². The van der Waals surface area contributed by atoms with Gasteiger partial charge in [0.2, 0.25) is 0 Å². The van der Waals surface area contributed by atoms with Crippen molar-refractivity contribution in [2.75, 3.05) is 11.9 Å². The summed E-state index contributed by atoms with van der Waals surface area (Å²) in [6.45, 7) is -0.273. The molecule has 2 aromatic carbocycles. The van der Waals surface area contributed by atoms with Gasteiger partial charge in [0.15, 0.2) is 6.61 Å². The summed E-state index contributed by atoms with van der Waals surface area (Å²) in [5.74, 6) is 0.155. The molecule has 0 saturated carbocycles. The maximum absolute atomic E-state index is 13.4. The number of primary amides is 1. The minimum absolute atomic E-state index is 0.233. The number of fused-ring (bicyclic) bond motifs is 2. The summed E-state index contributed by atoms with van der Waals surface area (Å²) in [6, 6.07) is 8.78. The summed E-state index contributed by atoms with van der Waals surface area (Å²) in [7, 11) is 0. The molecule has 1 amide bonds. The molecule has 2 aromatic heterocycles. The predicted octanol–water partition coefficient (Wildman–Crippen LogP) is 4.70. The maximum atomic E-state index is 13.4. The largest absolute Gasteiger partial charge is 0.484 e. The van der Waals surface area contributed by atoms with Gasteiger partial charge in [0.25, 0.3) is 5.91 Å². The number of anilines is 2. The van der Waals surface area contributed by atoms with Gasteiger partial charge < -0.3 is 15.8 Å². The van der Waals surface area contributed by atoms with E-state index < -0.39 is 17.6 Å². The van der Waals surface area contributed by atoms with Crippen LogP contribution in [0.4, 0.5) is 24.7 Å². The Morgan fingerprint density at radius 1 is 1.20 bits per heavy atom. The van der Waals surface area contributed by atoms with E-state index in [-0.39, 0.29) is 23.7 Å². The second-order valence-corrected chi connectivity index (χ2v) is 8.03. The number of carbonyl (C=O) groups is 1. The Balaban J connectivity index is 1.58. The zero-order valence-corrected chi connectivity index (χ0v) is 18.1. The Morgan fingerprint density at radius 3 is 2.86 bits per heavy atom. The number of rotatable bonds is 6. The summed E-state index contributed by atoms with van der Waals surface area (Å²) in [6.07, 6.45) is 3.02. The molecule has 4 aromatic rings. The molecule has 0 radical (unpaired) electrons. The van der Waals surface area contributed by atoms with Crippen LogP contribution in [0, 0.1) is 0 Å². The van der Waals surface area contributed by atoms with Gasteiger partial charge in [0.1, 0.15) is 17.4 Å². The Morgan fingerprint density at radius 2 is 2.06 bits per heavy atom. The molecule has 1 atom stereocenters. The van der Waals surface area contributed by atoms with Gasteiger partial charge >= 0.3 is 6.18 Å². The molecule has 0 bridgehead atoms. The zero-order chi connectivity index (χ0) is 24.6. The average Bonchev–Trinajstić information content (AvgIpc) is 3.30. The molecule has 1 aliphatic rings. The first-order valence-electron chi connectivity index (χ1n) is 10.6. The van der Waals surface area contributed by atoms with Gasteiger partial charge in [-0.1, -0.05) is 6.08 Å². The van der Waals surface area contributed by atoms with E-state index in [1.165, 1.54) is 6.07 Å². The van der Waals surface area contributed by atoms with E-state index in [4.69, 9.17) is 10.5 Å². The molecule has 0 saturated heterocycles. The highest BCUT2D eigenvalue weighted by Gasteiger charge is 2.31. The van der Waals surface area contributed by atoms with Crippen molar-refractivity contribution in [2.45, 2.75) is 18.5 Å². The molecule has 4 N–H and O–H groups in total. The third kappa shape index (κ3) is 4.79. The van der Waals surface area contributed by atoms with E-state index >= 15 is 0 Å². The standard InChI is InChI=1S/C24H19F3N6O2/c25-24(26,27)15-4-6-20-18(10-15)23(30-16-5-7-19-14(8-16)11-29-33-19)32-22(31-20)13-2-1-3-17(9-13)35-12-21(28)34/h1,3-11,13H,2,12H2,(H2,28,34)(H,29,33)(H,30,31,32). The summed E-state index contributed by atoms with van der Waals surface area (Å²) >= 11 is 0. The maximum Gasteiger partial charge on any atom is 0.416 e. The first-order valence-corrected chi connectivity index (χ1v) is 10.6. The van der Waals surface area contributed by atoms with Gasteiger partial charge in [-0.15, -0.1) is 0 Å². The fraction of sp³-hybridized carbons (Fsp3) is 0.167.